The van der Waals surface area contributed by atoms with E-state index in [1.165, 1.54) is 51.4 Å². The molecule has 0 aromatic rings. The smallest absolute Gasteiger partial charge is 0.0113 e. The predicted octanol–water partition coefficient (Wildman–Crippen LogP) is 5.51. The Balaban J connectivity index is 1.40. The summed E-state index contributed by atoms with van der Waals surface area (Å²) in [6.45, 7) is 0. The van der Waals surface area contributed by atoms with Crippen LogP contribution >= 0.6 is 0 Å². The lowest BCUT2D eigenvalue weighted by Crippen LogP contribution is -2.40. The Morgan fingerprint density at radius 2 is 0.682 bits per heavy atom. The third-order valence-corrected chi connectivity index (χ3v) is 8.39. The Morgan fingerprint density at radius 1 is 0.409 bits per heavy atom. The molecule has 0 radical (unpaired) electrons. The van der Waals surface area contributed by atoms with Crippen molar-refractivity contribution >= 4 is 0 Å². The second-order valence-corrected chi connectivity index (χ2v) is 9.77. The summed E-state index contributed by atoms with van der Waals surface area (Å²) in [4.78, 5) is 0. The van der Waals surface area contributed by atoms with Crippen molar-refractivity contribution in [2.75, 3.05) is 0 Å². The predicted molar refractivity (Wildman–Crippen MR) is 88.1 cm³/mol. The van der Waals surface area contributed by atoms with Crippen molar-refractivity contribution in [2.45, 2.75) is 64.2 Å². The Labute approximate surface area is 134 Å². The van der Waals surface area contributed by atoms with Crippen LogP contribution in [0, 0.1) is 47.3 Å². The van der Waals surface area contributed by atoms with Gasteiger partial charge in [-0.25, -0.2) is 0 Å². The molecule has 0 heteroatoms. The van der Waals surface area contributed by atoms with Crippen LogP contribution in [0.15, 0.2) is 22.6 Å². The van der Waals surface area contributed by atoms with E-state index in [0.29, 0.717) is 0 Å². The van der Waals surface area contributed by atoms with Crippen LogP contribution in [0.3, 0.4) is 0 Å². The molecule has 0 saturated heterocycles. The number of hydrogen-bond donors (Lipinski definition) is 0. The van der Waals surface area contributed by atoms with Crippen molar-refractivity contribution in [3.63, 3.8) is 0 Å². The number of allylic oxidation sites excluding steroid dienone is 2. The molecule has 0 heterocycles. The molecular formula is C22H28. The van der Waals surface area contributed by atoms with Gasteiger partial charge in [0.2, 0.25) is 0 Å². The van der Waals surface area contributed by atoms with Crippen molar-refractivity contribution < 1.29 is 0 Å². The van der Waals surface area contributed by atoms with Gasteiger partial charge in [-0.15, -0.1) is 0 Å². The molecule has 8 rings (SSSR count). The second kappa shape index (κ2) is 4.43. The van der Waals surface area contributed by atoms with Crippen molar-refractivity contribution in [3.8, 4) is 0 Å². The number of rotatable bonds is 0. The molecule has 0 nitrogen and oxygen atoms in total. The summed E-state index contributed by atoms with van der Waals surface area (Å²) in [5, 5.41) is 0. The standard InChI is InChI=1S/C22H28/c1(21-17-5-13-3-14(7-17)8-18(21)6-13)2-22-19-9-15-4-16(11-19)12-20(22)10-15/h13-20H,3-12H2. The van der Waals surface area contributed by atoms with Gasteiger partial charge in [0, 0.05) is 0 Å². The summed E-state index contributed by atoms with van der Waals surface area (Å²) in [6, 6.07) is 0. The molecule has 116 valence electrons. The largest absolute Gasteiger partial charge is 0.0706 e. The Bertz CT molecular complexity index is 494. The Hall–Kier alpha value is -0.700. The number of hydrogen-bond acceptors (Lipinski definition) is 0. The van der Waals surface area contributed by atoms with Gasteiger partial charge in [-0.3, -0.25) is 0 Å². The molecule has 8 bridgehead atoms. The first-order chi connectivity index (χ1) is 10.8. The zero-order valence-corrected chi connectivity index (χ0v) is 13.7. The molecule has 0 N–H and O–H groups in total. The molecule has 8 saturated carbocycles. The summed E-state index contributed by atoms with van der Waals surface area (Å²) in [5.74, 6) is 7.90. The van der Waals surface area contributed by atoms with Crippen LogP contribution < -0.4 is 0 Å². The lowest BCUT2D eigenvalue weighted by Gasteiger charge is -2.51. The molecule has 0 aromatic heterocycles. The van der Waals surface area contributed by atoms with Gasteiger partial charge >= 0.3 is 0 Å². The van der Waals surface area contributed by atoms with Crippen molar-refractivity contribution in [3.05, 3.63) is 22.6 Å². The third kappa shape index (κ3) is 1.78. The molecule has 8 aliphatic rings. The van der Waals surface area contributed by atoms with Crippen LogP contribution in [-0.4, -0.2) is 0 Å². The van der Waals surface area contributed by atoms with Crippen molar-refractivity contribution in [2.24, 2.45) is 47.3 Å². The van der Waals surface area contributed by atoms with Crippen LogP contribution in [-0.2, 0) is 0 Å². The Morgan fingerprint density at radius 3 is 0.955 bits per heavy atom. The average molecular weight is 292 g/mol. The lowest BCUT2D eigenvalue weighted by atomic mass is 9.54. The van der Waals surface area contributed by atoms with E-state index in [0.717, 1.165) is 47.3 Å². The second-order valence-electron chi connectivity index (χ2n) is 9.77. The minimum absolute atomic E-state index is 0.904. The van der Waals surface area contributed by atoms with Gasteiger partial charge in [-0.1, -0.05) is 11.5 Å². The maximum absolute atomic E-state index is 3.82. The normalized spacial score (nSPS) is 53.8. The highest BCUT2D eigenvalue weighted by molar-refractivity contribution is 5.24. The molecular weight excluding hydrogens is 264 g/mol. The maximum atomic E-state index is 3.82. The van der Waals surface area contributed by atoms with E-state index >= 15 is 0 Å². The summed E-state index contributed by atoms with van der Waals surface area (Å²) in [7, 11) is 0. The SMILES string of the molecule is C(=C=C1C2CC3CC(C2)CC1C3)=C1C2CC3CC(C2)CC1C3. The van der Waals surface area contributed by atoms with E-state index in [4.69, 9.17) is 0 Å². The Kier molecular flexibility index (Phi) is 2.56. The fourth-order valence-electron chi connectivity index (χ4n) is 7.94. The van der Waals surface area contributed by atoms with Gasteiger partial charge in [-0.2, -0.15) is 0 Å². The van der Waals surface area contributed by atoms with Gasteiger partial charge in [0.1, 0.15) is 0 Å². The third-order valence-electron chi connectivity index (χ3n) is 8.39. The summed E-state index contributed by atoms with van der Waals surface area (Å²) >= 11 is 0. The fraction of sp³-hybridized carbons (Fsp3) is 0.818. The van der Waals surface area contributed by atoms with E-state index < -0.39 is 0 Å². The average Bonchev–Trinajstić information content (AvgIpc) is 2.47. The highest BCUT2D eigenvalue weighted by Gasteiger charge is 2.46. The summed E-state index contributed by atoms with van der Waals surface area (Å²) in [6.07, 6.45) is 15.0. The van der Waals surface area contributed by atoms with Gasteiger partial charge in [0.25, 0.3) is 0 Å². The van der Waals surface area contributed by atoms with Crippen LogP contribution in [0.2, 0.25) is 0 Å². The zero-order valence-electron chi connectivity index (χ0n) is 13.7. The van der Waals surface area contributed by atoms with E-state index in [1.54, 1.807) is 24.0 Å². The summed E-state index contributed by atoms with van der Waals surface area (Å²) in [5.41, 5.74) is 11.1. The minimum Gasteiger partial charge on any atom is -0.0706 e. The first-order valence-electron chi connectivity index (χ1n) is 10.1. The van der Waals surface area contributed by atoms with Gasteiger partial charge < -0.3 is 0 Å². The molecule has 0 aliphatic heterocycles. The van der Waals surface area contributed by atoms with E-state index in [9.17, 15) is 0 Å². The highest BCUT2D eigenvalue weighted by Crippen LogP contribution is 2.57. The van der Waals surface area contributed by atoms with E-state index in [1.807, 2.05) is 0 Å². The topological polar surface area (TPSA) is 0 Å². The molecule has 8 fully saturated rings. The van der Waals surface area contributed by atoms with Gasteiger partial charge in [-0.05, 0) is 123 Å². The van der Waals surface area contributed by atoms with E-state index in [2.05, 4.69) is 11.5 Å². The monoisotopic (exact) mass is 292 g/mol. The zero-order chi connectivity index (χ0) is 14.3. The maximum Gasteiger partial charge on any atom is -0.0113 e. The van der Waals surface area contributed by atoms with E-state index in [-0.39, 0.29) is 0 Å². The first-order valence-corrected chi connectivity index (χ1v) is 10.1. The highest BCUT2D eigenvalue weighted by atomic mass is 14.5. The summed E-state index contributed by atoms with van der Waals surface area (Å²) < 4.78 is 0. The first kappa shape index (κ1) is 12.7. The van der Waals surface area contributed by atoms with Crippen LogP contribution in [0.1, 0.15) is 64.2 Å². The quantitative estimate of drug-likeness (QED) is 0.517. The van der Waals surface area contributed by atoms with Crippen LogP contribution in [0.5, 0.6) is 0 Å². The molecule has 22 heavy (non-hydrogen) atoms. The molecule has 0 unspecified atom stereocenters. The molecule has 0 spiro atoms. The molecule has 0 aromatic carbocycles. The minimum atomic E-state index is 0.904. The molecule has 8 aliphatic carbocycles. The molecule has 0 atom stereocenters. The van der Waals surface area contributed by atoms with Crippen molar-refractivity contribution in [1.82, 2.24) is 0 Å². The lowest BCUT2D eigenvalue weighted by molar-refractivity contribution is 0.0687. The van der Waals surface area contributed by atoms with Gasteiger partial charge in [0.05, 0.1) is 0 Å². The molecule has 0 amide bonds. The fourth-order valence-corrected chi connectivity index (χ4v) is 7.94. The van der Waals surface area contributed by atoms with Crippen LogP contribution in [0.25, 0.3) is 0 Å². The van der Waals surface area contributed by atoms with Crippen LogP contribution in [0.4, 0.5) is 0 Å². The van der Waals surface area contributed by atoms with Crippen molar-refractivity contribution in [1.29, 1.82) is 0 Å². The van der Waals surface area contributed by atoms with Gasteiger partial charge in [0.15, 0.2) is 0 Å².